The molecule has 0 radical (unpaired) electrons. The van der Waals surface area contributed by atoms with Crippen LogP contribution in [0.3, 0.4) is 0 Å². The van der Waals surface area contributed by atoms with E-state index in [0.29, 0.717) is 6.10 Å². The van der Waals surface area contributed by atoms with Gasteiger partial charge in [0.15, 0.2) is 0 Å². The molecule has 3 rings (SSSR count). The lowest BCUT2D eigenvalue weighted by atomic mass is 9.73. The molecule has 1 aliphatic rings. The first-order chi connectivity index (χ1) is 9.60. The molecule has 1 atom stereocenters. The molecule has 3 heteroatoms. The molecule has 0 aromatic heterocycles. The van der Waals surface area contributed by atoms with Gasteiger partial charge in [-0.05, 0) is 48.7 Å². The van der Waals surface area contributed by atoms with Gasteiger partial charge in [0.2, 0.25) is 0 Å². The first-order valence-corrected chi connectivity index (χ1v) is 8.32. The van der Waals surface area contributed by atoms with Crippen LogP contribution in [0.4, 0.5) is 0 Å². The highest BCUT2D eigenvalue weighted by molar-refractivity contribution is 9.10. The largest absolute Gasteiger partial charge is 0.377 e. The summed E-state index contributed by atoms with van der Waals surface area (Å²) < 4.78 is 8.14. The molecular formula is C17H16Br2O. The zero-order valence-corrected chi connectivity index (χ0v) is 14.4. The summed E-state index contributed by atoms with van der Waals surface area (Å²) >= 11 is 7.02. The molecule has 1 nitrogen and oxygen atoms in total. The molecule has 1 heterocycles. The van der Waals surface area contributed by atoms with Crippen molar-refractivity contribution in [1.82, 2.24) is 0 Å². The Kier molecular flexibility index (Phi) is 4.02. The molecule has 2 aromatic rings. The second-order valence-electron chi connectivity index (χ2n) is 5.42. The molecule has 2 aromatic carbocycles. The van der Waals surface area contributed by atoms with Crippen molar-refractivity contribution in [1.29, 1.82) is 0 Å². The Morgan fingerprint density at radius 2 is 1.35 bits per heavy atom. The highest BCUT2D eigenvalue weighted by Gasteiger charge is 2.41. The molecule has 1 aliphatic heterocycles. The van der Waals surface area contributed by atoms with Crippen molar-refractivity contribution in [2.75, 3.05) is 6.61 Å². The standard InChI is InChI=1S/C17H16Br2O/c1-12-10-17(11-20-12,13-2-6-15(18)7-3-13)14-4-8-16(19)9-5-14/h2-9,12H,10-11H2,1H3/t12-/m0/s1. The summed E-state index contributed by atoms with van der Waals surface area (Å²) in [5.74, 6) is 0. The van der Waals surface area contributed by atoms with Gasteiger partial charge in [-0.1, -0.05) is 56.1 Å². The SMILES string of the molecule is C[C@H]1CC(c2ccc(Br)cc2)(c2ccc(Br)cc2)CO1. The van der Waals surface area contributed by atoms with Gasteiger partial charge < -0.3 is 4.74 Å². The van der Waals surface area contributed by atoms with Crippen LogP contribution in [0.2, 0.25) is 0 Å². The molecule has 20 heavy (non-hydrogen) atoms. The van der Waals surface area contributed by atoms with Gasteiger partial charge >= 0.3 is 0 Å². The highest BCUT2D eigenvalue weighted by Crippen LogP contribution is 2.42. The minimum Gasteiger partial charge on any atom is -0.377 e. The quantitative estimate of drug-likeness (QED) is 0.669. The molecule has 104 valence electrons. The first-order valence-electron chi connectivity index (χ1n) is 6.74. The van der Waals surface area contributed by atoms with Gasteiger partial charge in [-0.15, -0.1) is 0 Å². The average Bonchev–Trinajstić information content (AvgIpc) is 2.84. The fourth-order valence-electron chi connectivity index (χ4n) is 3.00. The number of benzene rings is 2. The van der Waals surface area contributed by atoms with Crippen LogP contribution in [0.1, 0.15) is 24.5 Å². The fraction of sp³-hybridized carbons (Fsp3) is 0.294. The maximum Gasteiger partial charge on any atom is 0.0608 e. The van der Waals surface area contributed by atoms with E-state index < -0.39 is 0 Å². The van der Waals surface area contributed by atoms with Gasteiger partial charge in [-0.3, -0.25) is 0 Å². The van der Waals surface area contributed by atoms with Crippen LogP contribution in [0.25, 0.3) is 0 Å². The second kappa shape index (κ2) is 5.63. The van der Waals surface area contributed by atoms with Crippen molar-refractivity contribution >= 4 is 31.9 Å². The Morgan fingerprint density at radius 3 is 1.70 bits per heavy atom. The van der Waals surface area contributed by atoms with Crippen molar-refractivity contribution in [2.24, 2.45) is 0 Å². The summed E-state index contributed by atoms with van der Waals surface area (Å²) in [7, 11) is 0. The zero-order chi connectivity index (χ0) is 14.2. The maximum atomic E-state index is 5.91. The van der Waals surface area contributed by atoms with E-state index in [4.69, 9.17) is 4.74 Å². The number of ether oxygens (including phenoxy) is 1. The molecule has 0 saturated carbocycles. The van der Waals surface area contributed by atoms with Gasteiger partial charge in [0, 0.05) is 14.4 Å². The molecule has 0 spiro atoms. The topological polar surface area (TPSA) is 9.23 Å². The van der Waals surface area contributed by atoms with E-state index in [9.17, 15) is 0 Å². The molecule has 1 saturated heterocycles. The predicted octanol–water partition coefficient (Wildman–Crippen LogP) is 5.31. The van der Waals surface area contributed by atoms with E-state index in [0.717, 1.165) is 22.0 Å². The third kappa shape index (κ3) is 2.59. The first kappa shape index (κ1) is 14.3. The maximum absolute atomic E-state index is 5.91. The normalized spacial score (nSPS) is 21.1. The van der Waals surface area contributed by atoms with Crippen LogP contribution >= 0.6 is 31.9 Å². The Labute approximate surface area is 136 Å². The Balaban J connectivity index is 2.09. The van der Waals surface area contributed by atoms with Crippen LogP contribution in [-0.4, -0.2) is 12.7 Å². The molecule has 0 N–H and O–H groups in total. The molecule has 0 bridgehead atoms. The zero-order valence-electron chi connectivity index (χ0n) is 11.3. The highest BCUT2D eigenvalue weighted by atomic mass is 79.9. The van der Waals surface area contributed by atoms with Crippen molar-refractivity contribution in [2.45, 2.75) is 24.9 Å². The summed E-state index contributed by atoms with van der Waals surface area (Å²) in [6, 6.07) is 17.2. The smallest absolute Gasteiger partial charge is 0.0608 e. The van der Waals surface area contributed by atoms with E-state index in [-0.39, 0.29) is 5.41 Å². The number of rotatable bonds is 2. The number of hydrogen-bond acceptors (Lipinski definition) is 1. The van der Waals surface area contributed by atoms with Crippen LogP contribution in [0.15, 0.2) is 57.5 Å². The van der Waals surface area contributed by atoms with Crippen LogP contribution in [0.5, 0.6) is 0 Å². The third-order valence-electron chi connectivity index (χ3n) is 4.04. The van der Waals surface area contributed by atoms with Crippen LogP contribution < -0.4 is 0 Å². The minimum atomic E-state index is -0.0270. The van der Waals surface area contributed by atoms with E-state index in [1.165, 1.54) is 11.1 Å². The van der Waals surface area contributed by atoms with Gasteiger partial charge in [0.25, 0.3) is 0 Å². The summed E-state index contributed by atoms with van der Waals surface area (Å²) in [4.78, 5) is 0. The number of hydrogen-bond donors (Lipinski definition) is 0. The third-order valence-corrected chi connectivity index (χ3v) is 5.10. The molecule has 0 unspecified atom stereocenters. The summed E-state index contributed by atoms with van der Waals surface area (Å²) in [6.07, 6.45) is 1.32. The lowest BCUT2D eigenvalue weighted by Gasteiger charge is -2.29. The fourth-order valence-corrected chi connectivity index (χ4v) is 3.53. The lowest BCUT2D eigenvalue weighted by Crippen LogP contribution is -2.28. The van der Waals surface area contributed by atoms with E-state index in [2.05, 4.69) is 87.3 Å². The van der Waals surface area contributed by atoms with E-state index >= 15 is 0 Å². The van der Waals surface area contributed by atoms with E-state index in [1.54, 1.807) is 0 Å². The molecule has 0 aliphatic carbocycles. The van der Waals surface area contributed by atoms with Crippen LogP contribution in [0, 0.1) is 0 Å². The van der Waals surface area contributed by atoms with Crippen molar-refractivity contribution in [3.05, 3.63) is 68.6 Å². The van der Waals surface area contributed by atoms with E-state index in [1.807, 2.05) is 0 Å². The van der Waals surface area contributed by atoms with Crippen molar-refractivity contribution < 1.29 is 4.74 Å². The summed E-state index contributed by atoms with van der Waals surface area (Å²) in [6.45, 7) is 2.90. The van der Waals surface area contributed by atoms with Crippen LogP contribution in [-0.2, 0) is 10.2 Å². The van der Waals surface area contributed by atoms with Gasteiger partial charge in [0.1, 0.15) is 0 Å². The van der Waals surface area contributed by atoms with Gasteiger partial charge in [0.05, 0.1) is 12.7 Å². The Bertz CT molecular complexity index is 544. The molecule has 1 fully saturated rings. The van der Waals surface area contributed by atoms with Crippen molar-refractivity contribution in [3.63, 3.8) is 0 Å². The summed E-state index contributed by atoms with van der Waals surface area (Å²) in [5.41, 5.74) is 2.63. The Hall–Kier alpha value is -0.640. The van der Waals surface area contributed by atoms with Gasteiger partial charge in [-0.25, -0.2) is 0 Å². The average molecular weight is 396 g/mol. The monoisotopic (exact) mass is 394 g/mol. The molecular weight excluding hydrogens is 380 g/mol. The lowest BCUT2D eigenvalue weighted by molar-refractivity contribution is 0.119. The molecule has 0 amide bonds. The second-order valence-corrected chi connectivity index (χ2v) is 7.25. The predicted molar refractivity (Wildman–Crippen MR) is 89.1 cm³/mol. The Morgan fingerprint density at radius 1 is 0.900 bits per heavy atom. The van der Waals surface area contributed by atoms with Crippen molar-refractivity contribution in [3.8, 4) is 0 Å². The van der Waals surface area contributed by atoms with Gasteiger partial charge in [-0.2, -0.15) is 0 Å². The summed E-state index contributed by atoms with van der Waals surface area (Å²) in [5, 5.41) is 0. The minimum absolute atomic E-state index is 0.0270. The number of halogens is 2.